The molecule has 1 aromatic heterocycles. The highest BCUT2D eigenvalue weighted by Crippen LogP contribution is 2.47. The molecule has 7 nitrogen and oxygen atoms in total. The summed E-state index contributed by atoms with van der Waals surface area (Å²) >= 11 is 0. The molecule has 1 aromatic carbocycles. The second-order valence-corrected chi connectivity index (χ2v) is 9.60. The Morgan fingerprint density at radius 3 is 3.03 bits per heavy atom. The van der Waals surface area contributed by atoms with Gasteiger partial charge >= 0.3 is 6.09 Å². The van der Waals surface area contributed by atoms with E-state index in [-0.39, 0.29) is 17.6 Å². The summed E-state index contributed by atoms with van der Waals surface area (Å²) in [5.41, 5.74) is 2.12. The number of benzene rings is 1. The van der Waals surface area contributed by atoms with Crippen LogP contribution >= 0.6 is 0 Å². The minimum Gasteiger partial charge on any atom is -0.441 e. The summed E-state index contributed by atoms with van der Waals surface area (Å²) in [5.74, 6) is 0. The molecule has 1 unspecified atom stereocenters. The van der Waals surface area contributed by atoms with Crippen molar-refractivity contribution in [3.8, 4) is 6.07 Å². The van der Waals surface area contributed by atoms with E-state index < -0.39 is 5.60 Å². The lowest BCUT2D eigenvalue weighted by Crippen LogP contribution is -2.45. The number of hydrogen-bond acceptors (Lipinski definition) is 5. The van der Waals surface area contributed by atoms with Crippen LogP contribution in [0.3, 0.4) is 0 Å². The third-order valence-electron chi connectivity index (χ3n) is 6.95. The van der Waals surface area contributed by atoms with Crippen molar-refractivity contribution >= 4 is 17.1 Å². The molecule has 3 fully saturated rings. The van der Waals surface area contributed by atoms with Gasteiger partial charge in [0.25, 0.3) is 0 Å². The van der Waals surface area contributed by atoms with E-state index in [1.54, 1.807) is 6.07 Å². The average Bonchev–Trinajstić information content (AvgIpc) is 3.43. The number of amides is 1. The zero-order valence-corrected chi connectivity index (χ0v) is 17.5. The third-order valence-corrected chi connectivity index (χ3v) is 6.95. The summed E-state index contributed by atoms with van der Waals surface area (Å²) in [6, 6.07) is 7.82. The van der Waals surface area contributed by atoms with E-state index in [9.17, 15) is 10.1 Å². The van der Waals surface area contributed by atoms with E-state index >= 15 is 0 Å². The van der Waals surface area contributed by atoms with Gasteiger partial charge in [-0.05, 0) is 62.1 Å². The Hall–Kier alpha value is -2.59. The normalized spacial score (nSPS) is 31.4. The summed E-state index contributed by atoms with van der Waals surface area (Å²) in [4.78, 5) is 19.0. The van der Waals surface area contributed by atoms with Crippen LogP contribution in [0, 0.1) is 16.7 Å². The zero-order valence-electron chi connectivity index (χ0n) is 17.5. The highest BCUT2D eigenvalue weighted by atomic mass is 16.6. The molecule has 0 bridgehead atoms. The number of aromatic nitrogens is 2. The minimum absolute atomic E-state index is 0.00528. The van der Waals surface area contributed by atoms with Gasteiger partial charge in [-0.1, -0.05) is 6.92 Å². The SMILES string of the molecule is C[C@]1(Cn2cnc3ccc(C#N)cc32)CCC[C@@]2(CN(CC3CCCO3)C(=O)O2)C1. The van der Waals surface area contributed by atoms with Gasteiger partial charge < -0.3 is 18.9 Å². The van der Waals surface area contributed by atoms with Gasteiger partial charge in [0.05, 0.1) is 48.2 Å². The molecule has 158 valence electrons. The van der Waals surface area contributed by atoms with Crippen LogP contribution in [-0.2, 0) is 16.0 Å². The van der Waals surface area contributed by atoms with Crippen LogP contribution in [-0.4, -0.2) is 51.9 Å². The Labute approximate surface area is 176 Å². The summed E-state index contributed by atoms with van der Waals surface area (Å²) in [7, 11) is 0. The fourth-order valence-corrected chi connectivity index (χ4v) is 5.68. The van der Waals surface area contributed by atoms with E-state index in [0.717, 1.165) is 62.7 Å². The molecular weight excluding hydrogens is 380 g/mol. The van der Waals surface area contributed by atoms with Crippen molar-refractivity contribution in [3.05, 3.63) is 30.1 Å². The van der Waals surface area contributed by atoms with Gasteiger partial charge in [-0.25, -0.2) is 9.78 Å². The summed E-state index contributed by atoms with van der Waals surface area (Å²) in [6.07, 6.45) is 7.78. The van der Waals surface area contributed by atoms with Gasteiger partial charge in [-0.3, -0.25) is 0 Å². The van der Waals surface area contributed by atoms with Gasteiger partial charge in [0, 0.05) is 13.2 Å². The molecule has 1 aliphatic carbocycles. The monoisotopic (exact) mass is 408 g/mol. The molecule has 3 atom stereocenters. The molecule has 2 saturated heterocycles. The second kappa shape index (κ2) is 7.28. The number of fused-ring (bicyclic) bond motifs is 1. The van der Waals surface area contributed by atoms with Gasteiger partial charge in [0.1, 0.15) is 5.60 Å². The number of imidazole rings is 1. The van der Waals surface area contributed by atoms with E-state index in [0.29, 0.717) is 18.7 Å². The van der Waals surface area contributed by atoms with Crippen molar-refractivity contribution in [2.24, 2.45) is 5.41 Å². The molecule has 0 N–H and O–H groups in total. The van der Waals surface area contributed by atoms with Gasteiger partial charge in [0.15, 0.2) is 0 Å². The Bertz CT molecular complexity index is 1010. The van der Waals surface area contributed by atoms with Crippen LogP contribution in [0.4, 0.5) is 4.79 Å². The molecular formula is C23H28N4O3. The third kappa shape index (κ3) is 3.54. The van der Waals surface area contributed by atoms with E-state index in [2.05, 4.69) is 22.5 Å². The molecule has 2 aromatic rings. The van der Waals surface area contributed by atoms with Crippen molar-refractivity contribution in [1.29, 1.82) is 5.26 Å². The Balaban J connectivity index is 1.33. The fraction of sp³-hybridized carbons (Fsp3) is 0.609. The predicted molar refractivity (Wildman–Crippen MR) is 111 cm³/mol. The molecule has 1 saturated carbocycles. The van der Waals surface area contributed by atoms with Crippen molar-refractivity contribution in [3.63, 3.8) is 0 Å². The fourth-order valence-electron chi connectivity index (χ4n) is 5.68. The van der Waals surface area contributed by atoms with E-state index in [4.69, 9.17) is 9.47 Å². The number of hydrogen-bond donors (Lipinski definition) is 0. The first-order valence-corrected chi connectivity index (χ1v) is 10.9. The van der Waals surface area contributed by atoms with Crippen molar-refractivity contribution in [1.82, 2.24) is 14.5 Å². The van der Waals surface area contributed by atoms with Gasteiger partial charge in [-0.2, -0.15) is 5.26 Å². The summed E-state index contributed by atoms with van der Waals surface area (Å²) < 4.78 is 13.9. The highest BCUT2D eigenvalue weighted by Gasteiger charge is 2.51. The Morgan fingerprint density at radius 2 is 2.23 bits per heavy atom. The largest absolute Gasteiger partial charge is 0.441 e. The van der Waals surface area contributed by atoms with Gasteiger partial charge in [0.2, 0.25) is 0 Å². The zero-order chi connectivity index (χ0) is 20.8. The molecule has 0 radical (unpaired) electrons. The van der Waals surface area contributed by atoms with Gasteiger partial charge in [-0.15, -0.1) is 0 Å². The first-order valence-electron chi connectivity index (χ1n) is 10.9. The standard InChI is InChI=1S/C23H28N4O3/c1-22(14-27-16-25-19-6-5-17(11-24)10-20(19)27)7-3-8-23(13-22)15-26(21(28)30-23)12-18-4-2-9-29-18/h5-6,10,16,18H,2-4,7-9,12-15H2,1H3/t18?,22-,23-/m0/s1. The number of nitrogens with zero attached hydrogens (tertiary/aromatic N) is 4. The number of carbonyl (C=O) groups excluding carboxylic acids is 1. The van der Waals surface area contributed by atoms with Crippen molar-refractivity contribution in [2.45, 2.75) is 63.7 Å². The van der Waals surface area contributed by atoms with Crippen molar-refractivity contribution < 1.29 is 14.3 Å². The molecule has 1 spiro atoms. The smallest absolute Gasteiger partial charge is 0.410 e. The van der Waals surface area contributed by atoms with Crippen LogP contribution < -0.4 is 0 Å². The van der Waals surface area contributed by atoms with Crippen LogP contribution in [0.25, 0.3) is 11.0 Å². The molecule has 5 rings (SSSR count). The van der Waals surface area contributed by atoms with Crippen LogP contribution in [0.5, 0.6) is 0 Å². The lowest BCUT2D eigenvalue weighted by Gasteiger charge is -2.43. The minimum atomic E-state index is -0.406. The van der Waals surface area contributed by atoms with Crippen LogP contribution in [0.2, 0.25) is 0 Å². The number of carbonyl (C=O) groups is 1. The Morgan fingerprint density at radius 1 is 1.33 bits per heavy atom. The molecule has 3 aliphatic rings. The molecule has 2 aliphatic heterocycles. The first-order chi connectivity index (χ1) is 14.5. The second-order valence-electron chi connectivity index (χ2n) is 9.60. The quantitative estimate of drug-likeness (QED) is 0.767. The van der Waals surface area contributed by atoms with Crippen LogP contribution in [0.15, 0.2) is 24.5 Å². The lowest BCUT2D eigenvalue weighted by atomic mass is 9.68. The summed E-state index contributed by atoms with van der Waals surface area (Å²) in [5, 5.41) is 9.25. The predicted octanol–water partition coefficient (Wildman–Crippen LogP) is 3.86. The van der Waals surface area contributed by atoms with E-state index in [1.807, 2.05) is 23.4 Å². The highest BCUT2D eigenvalue weighted by molar-refractivity contribution is 5.77. The maximum Gasteiger partial charge on any atom is 0.410 e. The molecule has 1 amide bonds. The lowest BCUT2D eigenvalue weighted by molar-refractivity contribution is -0.0271. The van der Waals surface area contributed by atoms with Crippen molar-refractivity contribution in [2.75, 3.05) is 19.7 Å². The molecule has 3 heterocycles. The molecule has 30 heavy (non-hydrogen) atoms. The maximum atomic E-state index is 12.6. The average molecular weight is 409 g/mol. The number of rotatable bonds is 4. The number of nitriles is 1. The summed E-state index contributed by atoms with van der Waals surface area (Å²) in [6.45, 7) is 5.17. The number of ether oxygens (including phenoxy) is 2. The first kappa shape index (κ1) is 19.4. The van der Waals surface area contributed by atoms with E-state index in [1.165, 1.54) is 0 Å². The molecule has 7 heteroatoms. The maximum absolute atomic E-state index is 12.6. The topological polar surface area (TPSA) is 80.4 Å². The Kier molecular flexibility index (Phi) is 4.70. The van der Waals surface area contributed by atoms with Crippen LogP contribution in [0.1, 0.15) is 51.0 Å².